The molecular formula is C15H13N3OS. The van der Waals surface area contributed by atoms with Gasteiger partial charge in [0.15, 0.2) is 5.82 Å². The molecule has 0 bridgehead atoms. The van der Waals surface area contributed by atoms with Crippen LogP contribution >= 0.6 is 11.3 Å². The van der Waals surface area contributed by atoms with Gasteiger partial charge in [-0.05, 0) is 36.1 Å². The van der Waals surface area contributed by atoms with Gasteiger partial charge in [-0.15, -0.1) is 11.3 Å². The van der Waals surface area contributed by atoms with Crippen molar-refractivity contribution in [2.75, 3.05) is 5.73 Å². The minimum Gasteiger partial charge on any atom is -0.391 e. The first kappa shape index (κ1) is 11.7. The van der Waals surface area contributed by atoms with Crippen LogP contribution in [0.1, 0.15) is 28.4 Å². The number of benzene rings is 1. The van der Waals surface area contributed by atoms with Gasteiger partial charge in [0.25, 0.3) is 5.89 Å². The number of rotatable bonds is 2. The SMILES string of the molecule is Cc1cc(N)sc1-c1nc(C2Cc3ccccc32)no1. The van der Waals surface area contributed by atoms with Gasteiger partial charge in [0.2, 0.25) is 0 Å². The summed E-state index contributed by atoms with van der Waals surface area (Å²) in [7, 11) is 0. The second-order valence-corrected chi connectivity index (χ2v) is 6.16. The highest BCUT2D eigenvalue weighted by atomic mass is 32.1. The van der Waals surface area contributed by atoms with Gasteiger partial charge in [0.05, 0.1) is 15.8 Å². The molecule has 4 nitrogen and oxygen atoms in total. The summed E-state index contributed by atoms with van der Waals surface area (Å²) in [5.41, 5.74) is 9.58. The molecule has 5 heteroatoms. The summed E-state index contributed by atoms with van der Waals surface area (Å²) < 4.78 is 5.41. The number of anilines is 1. The van der Waals surface area contributed by atoms with E-state index in [9.17, 15) is 0 Å². The Bertz CT molecular complexity index is 790. The van der Waals surface area contributed by atoms with E-state index < -0.39 is 0 Å². The number of nitrogens with two attached hydrogens (primary N) is 1. The predicted molar refractivity (Wildman–Crippen MR) is 78.7 cm³/mol. The number of nitrogen functional groups attached to an aromatic ring is 1. The molecule has 20 heavy (non-hydrogen) atoms. The summed E-state index contributed by atoms with van der Waals surface area (Å²) in [6, 6.07) is 10.3. The van der Waals surface area contributed by atoms with Crippen molar-refractivity contribution in [1.29, 1.82) is 0 Å². The Kier molecular flexibility index (Phi) is 2.44. The average molecular weight is 283 g/mol. The van der Waals surface area contributed by atoms with Gasteiger partial charge in [0, 0.05) is 0 Å². The largest absolute Gasteiger partial charge is 0.391 e. The fraction of sp³-hybridized carbons (Fsp3) is 0.200. The third kappa shape index (κ3) is 1.67. The Hall–Kier alpha value is -2.14. The van der Waals surface area contributed by atoms with Gasteiger partial charge in [-0.2, -0.15) is 4.98 Å². The Morgan fingerprint density at radius 1 is 1.35 bits per heavy atom. The van der Waals surface area contributed by atoms with E-state index in [1.807, 2.05) is 13.0 Å². The van der Waals surface area contributed by atoms with Crippen molar-refractivity contribution in [3.8, 4) is 10.8 Å². The van der Waals surface area contributed by atoms with Crippen LogP contribution in [-0.2, 0) is 6.42 Å². The second-order valence-electron chi connectivity index (χ2n) is 5.07. The predicted octanol–water partition coefficient (Wildman–Crippen LogP) is 3.38. The molecule has 0 saturated heterocycles. The minimum atomic E-state index is 0.265. The van der Waals surface area contributed by atoms with Gasteiger partial charge >= 0.3 is 0 Å². The Labute approximate surface area is 120 Å². The van der Waals surface area contributed by atoms with Gasteiger partial charge in [0.1, 0.15) is 0 Å². The van der Waals surface area contributed by atoms with Crippen LogP contribution in [-0.4, -0.2) is 10.1 Å². The van der Waals surface area contributed by atoms with Crippen LogP contribution in [0.2, 0.25) is 0 Å². The highest BCUT2D eigenvalue weighted by Crippen LogP contribution is 2.40. The molecule has 0 spiro atoms. The van der Waals surface area contributed by atoms with Crippen LogP contribution in [0.4, 0.5) is 5.00 Å². The maximum atomic E-state index is 5.81. The summed E-state index contributed by atoms with van der Waals surface area (Å²) >= 11 is 1.49. The zero-order chi connectivity index (χ0) is 13.7. The zero-order valence-electron chi connectivity index (χ0n) is 11.0. The summed E-state index contributed by atoms with van der Waals surface area (Å²) in [5.74, 6) is 1.61. The smallest absolute Gasteiger partial charge is 0.268 e. The number of thiophene rings is 1. The first-order valence-electron chi connectivity index (χ1n) is 6.50. The maximum absolute atomic E-state index is 5.81. The molecule has 100 valence electrons. The number of nitrogens with zero attached hydrogens (tertiary/aromatic N) is 2. The summed E-state index contributed by atoms with van der Waals surface area (Å²) in [4.78, 5) is 5.52. The molecule has 3 aromatic rings. The van der Waals surface area contributed by atoms with E-state index in [4.69, 9.17) is 10.3 Å². The molecule has 1 unspecified atom stereocenters. The van der Waals surface area contributed by atoms with Crippen molar-refractivity contribution in [2.45, 2.75) is 19.3 Å². The highest BCUT2D eigenvalue weighted by Gasteiger charge is 2.31. The van der Waals surface area contributed by atoms with Gasteiger partial charge in [-0.25, -0.2) is 0 Å². The molecule has 0 saturated carbocycles. The molecule has 4 rings (SSSR count). The summed E-state index contributed by atoms with van der Waals surface area (Å²) in [6.45, 7) is 2.00. The molecule has 2 N–H and O–H groups in total. The monoisotopic (exact) mass is 283 g/mol. The molecule has 1 atom stereocenters. The Balaban J connectivity index is 1.69. The van der Waals surface area contributed by atoms with Crippen LogP contribution in [0.3, 0.4) is 0 Å². The third-order valence-corrected chi connectivity index (χ3v) is 4.79. The molecule has 0 amide bonds. The Morgan fingerprint density at radius 2 is 2.20 bits per heavy atom. The second kappa shape index (κ2) is 4.18. The first-order valence-corrected chi connectivity index (χ1v) is 7.31. The topological polar surface area (TPSA) is 64.9 Å². The van der Waals surface area contributed by atoms with Gasteiger partial charge < -0.3 is 10.3 Å². The zero-order valence-corrected chi connectivity index (χ0v) is 11.8. The quantitative estimate of drug-likeness (QED) is 0.783. The standard InChI is InChI=1S/C15H13N3OS/c1-8-6-12(16)20-13(8)15-17-14(18-19-15)11-7-9-4-2-3-5-10(9)11/h2-6,11H,7,16H2,1H3. The van der Waals surface area contributed by atoms with Crippen LogP contribution in [0.25, 0.3) is 10.8 Å². The number of hydrogen-bond acceptors (Lipinski definition) is 5. The molecule has 1 aromatic carbocycles. The third-order valence-electron chi connectivity index (χ3n) is 3.74. The van der Waals surface area contributed by atoms with E-state index in [0.29, 0.717) is 5.89 Å². The molecule has 0 aliphatic heterocycles. The van der Waals surface area contributed by atoms with Crippen molar-refractivity contribution in [1.82, 2.24) is 10.1 Å². The van der Waals surface area contributed by atoms with E-state index in [-0.39, 0.29) is 5.92 Å². The van der Waals surface area contributed by atoms with Crippen LogP contribution < -0.4 is 5.73 Å². The lowest BCUT2D eigenvalue weighted by Gasteiger charge is -2.27. The highest BCUT2D eigenvalue weighted by molar-refractivity contribution is 7.19. The maximum Gasteiger partial charge on any atom is 0.268 e. The van der Waals surface area contributed by atoms with Crippen LogP contribution in [0.15, 0.2) is 34.9 Å². The molecule has 1 aliphatic rings. The van der Waals surface area contributed by atoms with E-state index >= 15 is 0 Å². The Morgan fingerprint density at radius 3 is 2.95 bits per heavy atom. The number of fused-ring (bicyclic) bond motifs is 1. The molecule has 1 aliphatic carbocycles. The number of aromatic nitrogens is 2. The van der Waals surface area contributed by atoms with Gasteiger partial charge in [-0.3, -0.25) is 0 Å². The molecule has 0 radical (unpaired) electrons. The van der Waals surface area contributed by atoms with Crippen molar-refractivity contribution in [2.24, 2.45) is 0 Å². The van der Waals surface area contributed by atoms with E-state index in [1.165, 1.54) is 22.5 Å². The van der Waals surface area contributed by atoms with E-state index in [2.05, 4.69) is 34.4 Å². The van der Waals surface area contributed by atoms with Crippen molar-refractivity contribution in [3.05, 3.63) is 52.8 Å². The fourth-order valence-electron chi connectivity index (χ4n) is 2.68. The summed E-state index contributed by atoms with van der Waals surface area (Å²) in [6.07, 6.45) is 0.987. The molecule has 2 heterocycles. The first-order chi connectivity index (χ1) is 9.72. The minimum absolute atomic E-state index is 0.265. The normalized spacial score (nSPS) is 16.8. The lowest BCUT2D eigenvalue weighted by Crippen LogP contribution is -2.19. The van der Waals surface area contributed by atoms with E-state index in [1.54, 1.807) is 0 Å². The van der Waals surface area contributed by atoms with Crippen LogP contribution in [0.5, 0.6) is 0 Å². The molecule has 0 fully saturated rings. The molecule has 2 aromatic heterocycles. The summed E-state index contributed by atoms with van der Waals surface area (Å²) in [5, 5.41) is 4.91. The van der Waals surface area contributed by atoms with E-state index in [0.717, 1.165) is 27.7 Å². The number of aryl methyl sites for hydroxylation is 1. The lowest BCUT2D eigenvalue weighted by atomic mass is 9.77. The van der Waals surface area contributed by atoms with Crippen molar-refractivity contribution in [3.63, 3.8) is 0 Å². The van der Waals surface area contributed by atoms with Crippen molar-refractivity contribution >= 4 is 16.3 Å². The number of hydrogen-bond donors (Lipinski definition) is 1. The van der Waals surface area contributed by atoms with Crippen LogP contribution in [0, 0.1) is 6.92 Å². The fourth-order valence-corrected chi connectivity index (χ4v) is 3.54. The molecular weight excluding hydrogens is 270 g/mol. The van der Waals surface area contributed by atoms with Crippen molar-refractivity contribution < 1.29 is 4.52 Å². The average Bonchev–Trinajstić information content (AvgIpc) is 2.98. The van der Waals surface area contributed by atoms with Gasteiger partial charge in [-0.1, -0.05) is 29.4 Å². The lowest BCUT2D eigenvalue weighted by molar-refractivity contribution is 0.417.